The molecule has 2 heterocycles. The maximum atomic E-state index is 12.1. The van der Waals surface area contributed by atoms with Gasteiger partial charge in [-0.3, -0.25) is 14.1 Å². The van der Waals surface area contributed by atoms with E-state index in [1.54, 1.807) is 17.9 Å². The normalized spacial score (nSPS) is 11.7. The third kappa shape index (κ3) is 3.32. The lowest BCUT2D eigenvalue weighted by molar-refractivity contribution is 0.582. The average molecular weight is 284 g/mol. The van der Waals surface area contributed by atoms with E-state index in [9.17, 15) is 8.42 Å². The van der Waals surface area contributed by atoms with Gasteiger partial charge >= 0.3 is 0 Å². The zero-order chi connectivity index (χ0) is 13.9. The summed E-state index contributed by atoms with van der Waals surface area (Å²) in [5, 5.41) is 7.88. The number of hydrogen-bond donors (Lipinski definition) is 2. The van der Waals surface area contributed by atoms with Crippen molar-refractivity contribution in [1.29, 1.82) is 0 Å². The van der Waals surface area contributed by atoms with Crippen molar-refractivity contribution in [2.45, 2.75) is 17.9 Å². The first-order valence-corrected chi connectivity index (χ1v) is 7.23. The smallest absolute Gasteiger partial charge is 0.265 e. The van der Waals surface area contributed by atoms with E-state index in [0.717, 1.165) is 6.42 Å². The van der Waals surface area contributed by atoms with Crippen molar-refractivity contribution in [2.24, 2.45) is 12.8 Å². The second kappa shape index (κ2) is 5.41. The zero-order valence-electron chi connectivity index (χ0n) is 10.5. The quantitative estimate of drug-likeness (QED) is 0.761. The third-order valence-electron chi connectivity index (χ3n) is 2.47. The van der Waals surface area contributed by atoms with Crippen LogP contribution in [0.25, 0.3) is 0 Å². The number of nitrogens with two attached hydrogens (primary N) is 1. The van der Waals surface area contributed by atoms with Crippen LogP contribution in [0.1, 0.15) is 6.42 Å². The first-order chi connectivity index (χ1) is 9.01. The Hall–Kier alpha value is -1.87. The van der Waals surface area contributed by atoms with Gasteiger partial charge in [0.25, 0.3) is 10.0 Å². The van der Waals surface area contributed by atoms with Crippen LogP contribution in [0.2, 0.25) is 0 Å². The summed E-state index contributed by atoms with van der Waals surface area (Å²) in [6.07, 6.45) is 6.56. The van der Waals surface area contributed by atoms with Crippen LogP contribution in [0.5, 0.6) is 0 Å². The molecule has 2 rings (SSSR count). The molecule has 0 atom stereocenters. The van der Waals surface area contributed by atoms with Gasteiger partial charge in [-0.25, -0.2) is 8.42 Å². The molecule has 8 nitrogen and oxygen atoms in total. The molecule has 0 bridgehead atoms. The summed E-state index contributed by atoms with van der Waals surface area (Å²) in [6, 6.07) is 0. The van der Waals surface area contributed by atoms with E-state index >= 15 is 0 Å². The highest BCUT2D eigenvalue weighted by Gasteiger charge is 2.17. The van der Waals surface area contributed by atoms with Crippen molar-refractivity contribution >= 4 is 15.7 Å². The molecule has 0 aliphatic rings. The Morgan fingerprint density at radius 1 is 1.32 bits per heavy atom. The highest BCUT2D eigenvalue weighted by atomic mass is 32.2. The molecule has 0 aliphatic carbocycles. The van der Waals surface area contributed by atoms with Crippen molar-refractivity contribution in [3.8, 4) is 0 Å². The van der Waals surface area contributed by atoms with Crippen LogP contribution in [-0.4, -0.2) is 34.5 Å². The molecule has 9 heteroatoms. The molecule has 0 saturated heterocycles. The Labute approximate surface area is 111 Å². The number of rotatable bonds is 6. The molecule has 104 valence electrons. The Kier molecular flexibility index (Phi) is 3.86. The lowest BCUT2D eigenvalue weighted by Gasteiger charge is -2.02. The van der Waals surface area contributed by atoms with Crippen molar-refractivity contribution in [2.75, 3.05) is 11.3 Å². The summed E-state index contributed by atoms with van der Waals surface area (Å²) in [5.74, 6) is 0. The summed E-state index contributed by atoms with van der Waals surface area (Å²) in [4.78, 5) is 0.119. The van der Waals surface area contributed by atoms with Crippen LogP contribution in [-0.2, 0) is 23.6 Å². The summed E-state index contributed by atoms with van der Waals surface area (Å²) in [7, 11) is -1.91. The molecular weight excluding hydrogens is 268 g/mol. The van der Waals surface area contributed by atoms with Gasteiger partial charge in [-0.1, -0.05) is 0 Å². The van der Waals surface area contributed by atoms with Gasteiger partial charge in [0.1, 0.15) is 4.90 Å². The van der Waals surface area contributed by atoms with Gasteiger partial charge in [-0.15, -0.1) is 0 Å². The maximum Gasteiger partial charge on any atom is 0.265 e. The monoisotopic (exact) mass is 284 g/mol. The van der Waals surface area contributed by atoms with Gasteiger partial charge in [0, 0.05) is 26.0 Å². The Bertz CT molecular complexity index is 645. The van der Waals surface area contributed by atoms with Crippen LogP contribution < -0.4 is 10.5 Å². The lowest BCUT2D eigenvalue weighted by atomic mass is 10.4. The highest BCUT2D eigenvalue weighted by molar-refractivity contribution is 7.92. The van der Waals surface area contributed by atoms with Gasteiger partial charge in [0.05, 0.1) is 18.1 Å². The molecule has 3 N–H and O–H groups in total. The highest BCUT2D eigenvalue weighted by Crippen LogP contribution is 2.14. The molecule has 2 aromatic rings. The van der Waals surface area contributed by atoms with Crippen LogP contribution in [0.15, 0.2) is 29.7 Å². The number of nitrogens with zero attached hydrogens (tertiary/aromatic N) is 4. The zero-order valence-corrected chi connectivity index (χ0v) is 11.3. The van der Waals surface area contributed by atoms with Gasteiger partial charge in [0.2, 0.25) is 0 Å². The lowest BCUT2D eigenvalue weighted by Crippen LogP contribution is -2.12. The van der Waals surface area contributed by atoms with Crippen LogP contribution in [0, 0.1) is 0 Å². The first-order valence-electron chi connectivity index (χ1n) is 5.75. The fourth-order valence-electron chi connectivity index (χ4n) is 1.55. The number of anilines is 1. The second-order valence-corrected chi connectivity index (χ2v) is 5.77. The number of hydrogen-bond acceptors (Lipinski definition) is 5. The van der Waals surface area contributed by atoms with Crippen molar-refractivity contribution in [3.05, 3.63) is 24.8 Å². The van der Waals surface area contributed by atoms with Gasteiger partial charge in [0.15, 0.2) is 0 Å². The van der Waals surface area contributed by atoms with Gasteiger partial charge < -0.3 is 5.73 Å². The maximum absolute atomic E-state index is 12.1. The summed E-state index contributed by atoms with van der Waals surface area (Å²) in [5.41, 5.74) is 5.81. The third-order valence-corrected chi connectivity index (χ3v) is 3.80. The van der Waals surface area contributed by atoms with E-state index < -0.39 is 10.0 Å². The summed E-state index contributed by atoms with van der Waals surface area (Å²) in [6.45, 7) is 1.13. The molecule has 0 unspecified atom stereocenters. The van der Waals surface area contributed by atoms with E-state index in [-0.39, 0.29) is 4.90 Å². The minimum Gasteiger partial charge on any atom is -0.330 e. The van der Waals surface area contributed by atoms with Crippen LogP contribution in [0.3, 0.4) is 0 Å². The molecule has 2 aromatic heterocycles. The molecule has 0 aliphatic heterocycles. The van der Waals surface area contributed by atoms with Gasteiger partial charge in [-0.05, 0) is 13.0 Å². The average Bonchev–Trinajstić information content (AvgIpc) is 2.95. The fourth-order valence-corrected chi connectivity index (χ4v) is 2.53. The second-order valence-electron chi connectivity index (χ2n) is 4.09. The molecule has 0 spiro atoms. The van der Waals surface area contributed by atoms with Crippen molar-refractivity contribution in [3.63, 3.8) is 0 Å². The van der Waals surface area contributed by atoms with Gasteiger partial charge in [-0.2, -0.15) is 10.2 Å². The Morgan fingerprint density at radius 3 is 2.74 bits per heavy atom. The minimum atomic E-state index is -3.62. The molecule has 19 heavy (non-hydrogen) atoms. The number of nitrogens with one attached hydrogen (secondary N) is 1. The Balaban J connectivity index is 2.13. The number of aromatic nitrogens is 4. The van der Waals surface area contributed by atoms with E-state index in [2.05, 4.69) is 14.9 Å². The largest absolute Gasteiger partial charge is 0.330 e. The summed E-state index contributed by atoms with van der Waals surface area (Å²) >= 11 is 0. The Morgan fingerprint density at radius 2 is 2.11 bits per heavy atom. The molecule has 0 fully saturated rings. The van der Waals surface area contributed by atoms with Crippen molar-refractivity contribution < 1.29 is 8.42 Å². The predicted molar refractivity (Wildman–Crippen MR) is 69.9 cm³/mol. The van der Waals surface area contributed by atoms with Crippen molar-refractivity contribution in [1.82, 2.24) is 19.6 Å². The summed E-state index contributed by atoms with van der Waals surface area (Å²) < 4.78 is 29.7. The molecule has 0 aromatic carbocycles. The van der Waals surface area contributed by atoms with Crippen LogP contribution >= 0.6 is 0 Å². The van der Waals surface area contributed by atoms with E-state index in [1.165, 1.54) is 23.3 Å². The predicted octanol–water partition coefficient (Wildman–Crippen LogP) is -0.234. The number of aryl methyl sites for hydroxylation is 2. The fraction of sp³-hybridized carbons (Fsp3) is 0.400. The first kappa shape index (κ1) is 13.6. The van der Waals surface area contributed by atoms with E-state index in [1.807, 2.05) is 0 Å². The SMILES string of the molecule is Cn1cc(NS(=O)(=O)c2cnn(CCCN)c2)cn1. The van der Waals surface area contributed by atoms with E-state index in [4.69, 9.17) is 5.73 Å². The molecule has 0 saturated carbocycles. The minimum absolute atomic E-state index is 0.119. The standard InChI is InChI=1S/C10H16N6O2S/c1-15-7-9(5-12-15)14-19(17,18)10-6-13-16(8-10)4-2-3-11/h5-8,14H,2-4,11H2,1H3. The van der Waals surface area contributed by atoms with E-state index in [0.29, 0.717) is 18.8 Å². The number of sulfonamides is 1. The van der Waals surface area contributed by atoms with Crippen LogP contribution in [0.4, 0.5) is 5.69 Å². The topological polar surface area (TPSA) is 108 Å². The molecule has 0 radical (unpaired) electrons. The molecular formula is C10H16N6O2S. The molecule has 0 amide bonds.